The van der Waals surface area contributed by atoms with Gasteiger partial charge in [0, 0.05) is 25.7 Å². The van der Waals surface area contributed by atoms with Crippen LogP contribution in [0.25, 0.3) is 0 Å². The van der Waals surface area contributed by atoms with Crippen LogP contribution in [0.3, 0.4) is 0 Å². The van der Waals surface area contributed by atoms with Crippen molar-refractivity contribution >= 4 is 11.6 Å². The summed E-state index contributed by atoms with van der Waals surface area (Å²) in [4.78, 5) is 18.0. The van der Waals surface area contributed by atoms with Gasteiger partial charge in [0.1, 0.15) is 11.6 Å². The van der Waals surface area contributed by atoms with Gasteiger partial charge in [0.15, 0.2) is 0 Å². The summed E-state index contributed by atoms with van der Waals surface area (Å²) in [6.45, 7) is 7.72. The Morgan fingerprint density at radius 1 is 1.55 bits per heavy atom. The zero-order valence-electron chi connectivity index (χ0n) is 13.5. The second-order valence-corrected chi connectivity index (χ2v) is 6.73. The molecule has 0 aliphatic carbocycles. The number of pyridine rings is 1. The van der Waals surface area contributed by atoms with Crippen LogP contribution in [-0.2, 0) is 4.79 Å². The third-order valence-corrected chi connectivity index (χ3v) is 3.46. The molecular formula is C16H22N4O2. The highest BCUT2D eigenvalue weighted by molar-refractivity contribution is 5.80. The Bertz CT molecular complexity index is 601. The van der Waals surface area contributed by atoms with E-state index in [1.165, 1.54) is 7.11 Å². The Hall–Kier alpha value is -2.29. The number of likely N-dealkylation sites (tertiary alicyclic amines) is 1. The van der Waals surface area contributed by atoms with Crippen LogP contribution in [0.1, 0.15) is 32.8 Å². The minimum atomic E-state index is -0.00550. The van der Waals surface area contributed by atoms with Gasteiger partial charge in [-0.15, -0.1) is 0 Å². The minimum absolute atomic E-state index is 0.00550. The zero-order chi connectivity index (χ0) is 16.3. The number of ether oxygens (including phenoxy) is 1. The molecular weight excluding hydrogens is 280 g/mol. The van der Waals surface area contributed by atoms with Crippen molar-refractivity contribution in [3.63, 3.8) is 0 Å². The summed E-state index contributed by atoms with van der Waals surface area (Å²) in [6, 6.07) is 3.83. The molecule has 1 atom stereocenters. The first kappa shape index (κ1) is 16.1. The largest absolute Gasteiger partial charge is 0.480 e. The first-order chi connectivity index (χ1) is 10.3. The van der Waals surface area contributed by atoms with E-state index in [1.54, 1.807) is 12.3 Å². The fourth-order valence-electron chi connectivity index (χ4n) is 2.64. The topological polar surface area (TPSA) is 78.2 Å². The molecule has 2 heterocycles. The van der Waals surface area contributed by atoms with E-state index in [4.69, 9.17) is 4.74 Å². The molecule has 1 aromatic rings. The van der Waals surface area contributed by atoms with E-state index >= 15 is 0 Å². The highest BCUT2D eigenvalue weighted by Gasteiger charge is 2.32. The van der Waals surface area contributed by atoms with Crippen molar-refractivity contribution in [2.24, 2.45) is 5.41 Å². The lowest BCUT2D eigenvalue weighted by Gasteiger charge is -2.26. The Balaban J connectivity index is 2.10. The van der Waals surface area contributed by atoms with Gasteiger partial charge in [0.05, 0.1) is 18.8 Å². The molecule has 0 aromatic carbocycles. The fourth-order valence-corrected chi connectivity index (χ4v) is 2.64. The number of hydrogen-bond acceptors (Lipinski definition) is 5. The number of carbonyl (C=O) groups excluding carboxylic acids is 1. The van der Waals surface area contributed by atoms with Gasteiger partial charge in [-0.3, -0.25) is 4.79 Å². The highest BCUT2D eigenvalue weighted by Crippen LogP contribution is 2.26. The smallest absolute Gasteiger partial charge is 0.233 e. The lowest BCUT2D eigenvalue weighted by molar-refractivity contribution is -0.128. The number of anilines is 1. The van der Waals surface area contributed by atoms with E-state index in [2.05, 4.69) is 37.1 Å². The predicted molar refractivity (Wildman–Crippen MR) is 83.6 cm³/mol. The van der Waals surface area contributed by atoms with Crippen LogP contribution in [0.4, 0.5) is 5.69 Å². The third kappa shape index (κ3) is 3.67. The fraction of sp³-hybridized carbons (Fsp3) is 0.562. The summed E-state index contributed by atoms with van der Waals surface area (Å²) < 4.78 is 5.10. The highest BCUT2D eigenvalue weighted by atomic mass is 16.5. The Kier molecular flexibility index (Phi) is 4.55. The number of nitriles is 1. The van der Waals surface area contributed by atoms with E-state index < -0.39 is 0 Å². The molecule has 0 unspecified atom stereocenters. The summed E-state index contributed by atoms with van der Waals surface area (Å²) in [6.07, 6.45) is 2.03. The predicted octanol–water partition coefficient (Wildman–Crippen LogP) is 2.02. The van der Waals surface area contributed by atoms with Crippen LogP contribution < -0.4 is 10.1 Å². The van der Waals surface area contributed by atoms with Crippen molar-refractivity contribution in [2.75, 3.05) is 25.5 Å². The molecule has 6 nitrogen and oxygen atoms in total. The Morgan fingerprint density at radius 2 is 2.27 bits per heavy atom. The standard InChI is InChI=1S/C16H22N4O2/c1-16(2,3)10-20-9-11(7-14(20)21)19-13-5-6-18-15(22-4)12(13)8-17/h5-6,11H,7,9-10H2,1-4H3,(H,18,19)/t11-/m1/s1. The number of nitrogens with zero attached hydrogens (tertiary/aromatic N) is 3. The van der Waals surface area contributed by atoms with Crippen LogP contribution in [0.2, 0.25) is 0 Å². The van der Waals surface area contributed by atoms with Crippen LogP contribution >= 0.6 is 0 Å². The first-order valence-corrected chi connectivity index (χ1v) is 7.31. The number of nitrogens with one attached hydrogen (secondary N) is 1. The van der Waals surface area contributed by atoms with Crippen molar-refractivity contribution in [1.82, 2.24) is 9.88 Å². The van der Waals surface area contributed by atoms with E-state index in [0.29, 0.717) is 30.1 Å². The molecule has 118 valence electrons. The van der Waals surface area contributed by atoms with E-state index in [-0.39, 0.29) is 17.4 Å². The number of rotatable bonds is 4. The van der Waals surface area contributed by atoms with E-state index in [0.717, 1.165) is 6.54 Å². The Labute approximate surface area is 131 Å². The summed E-state index contributed by atoms with van der Waals surface area (Å²) in [5.74, 6) is 0.440. The average Bonchev–Trinajstić information content (AvgIpc) is 2.76. The lowest BCUT2D eigenvalue weighted by Crippen LogP contribution is -2.35. The summed E-state index contributed by atoms with van der Waals surface area (Å²) >= 11 is 0. The maximum absolute atomic E-state index is 12.1. The van der Waals surface area contributed by atoms with Crippen molar-refractivity contribution in [2.45, 2.75) is 33.2 Å². The van der Waals surface area contributed by atoms with Crippen LogP contribution in [0.5, 0.6) is 5.88 Å². The van der Waals surface area contributed by atoms with Crippen LogP contribution in [0.15, 0.2) is 12.3 Å². The van der Waals surface area contributed by atoms with E-state index in [1.807, 2.05) is 4.90 Å². The average molecular weight is 302 g/mol. The van der Waals surface area contributed by atoms with Gasteiger partial charge < -0.3 is 15.0 Å². The van der Waals surface area contributed by atoms with Crippen molar-refractivity contribution in [1.29, 1.82) is 5.26 Å². The Morgan fingerprint density at radius 3 is 2.86 bits per heavy atom. The first-order valence-electron chi connectivity index (χ1n) is 7.31. The van der Waals surface area contributed by atoms with Gasteiger partial charge in [-0.25, -0.2) is 4.98 Å². The molecule has 1 fully saturated rings. The van der Waals surface area contributed by atoms with Gasteiger partial charge in [0.25, 0.3) is 0 Å². The van der Waals surface area contributed by atoms with E-state index in [9.17, 15) is 10.1 Å². The summed E-state index contributed by atoms with van der Waals surface area (Å²) in [7, 11) is 1.48. The molecule has 0 saturated carbocycles. The summed E-state index contributed by atoms with van der Waals surface area (Å²) in [5, 5.41) is 12.6. The number of aromatic nitrogens is 1. The molecule has 1 N–H and O–H groups in total. The summed E-state index contributed by atoms with van der Waals surface area (Å²) in [5.41, 5.74) is 1.10. The van der Waals surface area contributed by atoms with Gasteiger partial charge >= 0.3 is 0 Å². The maximum Gasteiger partial charge on any atom is 0.233 e. The molecule has 1 aliphatic rings. The molecule has 22 heavy (non-hydrogen) atoms. The molecule has 1 aliphatic heterocycles. The molecule has 1 aromatic heterocycles. The van der Waals surface area contributed by atoms with Gasteiger partial charge in [-0.2, -0.15) is 5.26 Å². The molecule has 0 spiro atoms. The molecule has 0 bridgehead atoms. The van der Waals surface area contributed by atoms with Gasteiger partial charge in [-0.05, 0) is 11.5 Å². The minimum Gasteiger partial charge on any atom is -0.480 e. The SMILES string of the molecule is COc1nccc(N[C@@H]2CC(=O)N(CC(C)(C)C)C2)c1C#N. The second kappa shape index (κ2) is 6.22. The van der Waals surface area contributed by atoms with Crippen LogP contribution in [-0.4, -0.2) is 42.0 Å². The van der Waals surface area contributed by atoms with Crippen molar-refractivity contribution in [3.05, 3.63) is 17.8 Å². The monoisotopic (exact) mass is 302 g/mol. The van der Waals surface area contributed by atoms with Crippen molar-refractivity contribution < 1.29 is 9.53 Å². The van der Waals surface area contributed by atoms with Crippen LogP contribution in [0, 0.1) is 16.7 Å². The quantitative estimate of drug-likeness (QED) is 0.920. The van der Waals surface area contributed by atoms with Gasteiger partial charge in [-0.1, -0.05) is 20.8 Å². The second-order valence-electron chi connectivity index (χ2n) is 6.73. The van der Waals surface area contributed by atoms with Gasteiger partial charge in [0.2, 0.25) is 11.8 Å². The molecule has 6 heteroatoms. The number of methoxy groups -OCH3 is 1. The maximum atomic E-state index is 12.1. The molecule has 1 amide bonds. The molecule has 1 saturated heterocycles. The zero-order valence-corrected chi connectivity index (χ0v) is 13.5. The normalized spacial score (nSPS) is 18.2. The number of amides is 1. The number of hydrogen-bond donors (Lipinski definition) is 1. The lowest BCUT2D eigenvalue weighted by atomic mass is 9.96. The molecule has 0 radical (unpaired) electrons. The third-order valence-electron chi connectivity index (χ3n) is 3.46. The number of carbonyl (C=O) groups is 1. The van der Waals surface area contributed by atoms with Crippen molar-refractivity contribution in [3.8, 4) is 11.9 Å². The molecule has 2 rings (SSSR count).